The Hall–Kier alpha value is -1.92. The fourth-order valence-electron chi connectivity index (χ4n) is 3.50. The van der Waals surface area contributed by atoms with Crippen LogP contribution in [0, 0.1) is 17.0 Å². The third-order valence-electron chi connectivity index (χ3n) is 5.47. The van der Waals surface area contributed by atoms with Gasteiger partial charge in [-0.3, -0.25) is 0 Å². The molecule has 35 heavy (non-hydrogen) atoms. The summed E-state index contributed by atoms with van der Waals surface area (Å²) >= 11 is 7.53. The van der Waals surface area contributed by atoms with Crippen LogP contribution < -0.4 is 10.1 Å². The van der Waals surface area contributed by atoms with E-state index in [1.54, 1.807) is 24.4 Å². The Bertz CT molecular complexity index is 1290. The second-order valence-corrected chi connectivity index (χ2v) is 11.7. The zero-order valence-corrected chi connectivity index (χ0v) is 22.4. The zero-order valence-electron chi connectivity index (χ0n) is 19.0. The second-order valence-electron chi connectivity index (χ2n) is 8.64. The lowest BCUT2D eigenvalue weighted by Gasteiger charge is -2.37. The maximum atomic E-state index is 14.8. The molecule has 1 saturated heterocycles. The molecule has 3 aromatic rings. The smallest absolute Gasteiger partial charge is 0.187 e. The van der Waals surface area contributed by atoms with Gasteiger partial charge in [0.05, 0.1) is 53.5 Å². The minimum Gasteiger partial charge on any atom is -0.493 e. The summed E-state index contributed by atoms with van der Waals surface area (Å²) in [7, 11) is -3.99. The first-order chi connectivity index (χ1) is 16.1. The van der Waals surface area contributed by atoms with Gasteiger partial charge in [-0.1, -0.05) is 18.5 Å². The van der Waals surface area contributed by atoms with E-state index in [1.165, 1.54) is 22.9 Å². The van der Waals surface area contributed by atoms with E-state index in [9.17, 15) is 17.2 Å². The van der Waals surface area contributed by atoms with Gasteiger partial charge in [-0.25, -0.2) is 22.2 Å². The van der Waals surface area contributed by atoms with E-state index in [2.05, 4.69) is 10.3 Å². The number of hydrogen-bond donors (Lipinski definition) is 1. The van der Waals surface area contributed by atoms with Crippen molar-refractivity contribution in [1.82, 2.24) is 4.98 Å². The summed E-state index contributed by atoms with van der Waals surface area (Å²) < 4.78 is 65.7. The highest BCUT2D eigenvalue weighted by atomic mass is 35.5. The van der Waals surface area contributed by atoms with Crippen molar-refractivity contribution in [3.8, 4) is 5.75 Å². The van der Waals surface area contributed by atoms with Gasteiger partial charge >= 0.3 is 0 Å². The van der Waals surface area contributed by atoms with Crippen molar-refractivity contribution in [2.45, 2.75) is 30.5 Å². The molecule has 190 valence electrons. The Kier molecular flexibility index (Phi) is 8.69. The molecule has 1 atom stereocenters. The van der Waals surface area contributed by atoms with Gasteiger partial charge < -0.3 is 14.8 Å². The lowest BCUT2D eigenvalue weighted by atomic mass is 9.90. The van der Waals surface area contributed by atoms with Gasteiger partial charge in [0, 0.05) is 16.4 Å². The summed E-state index contributed by atoms with van der Waals surface area (Å²) in [5.41, 5.74) is 2.20. The van der Waals surface area contributed by atoms with Crippen LogP contribution in [0.2, 0.25) is 5.02 Å². The first kappa shape index (κ1) is 27.7. The fourth-order valence-corrected chi connectivity index (χ4v) is 5.81. The number of halogens is 3. The summed E-state index contributed by atoms with van der Waals surface area (Å²) in [4.78, 5) is 3.42. The van der Waals surface area contributed by atoms with E-state index in [0.29, 0.717) is 36.8 Å². The van der Waals surface area contributed by atoms with Crippen molar-refractivity contribution in [3.05, 3.63) is 69.1 Å². The van der Waals surface area contributed by atoms with Gasteiger partial charge in [0.25, 0.3) is 0 Å². The molecule has 4 rings (SSSR count). The van der Waals surface area contributed by atoms with Crippen LogP contribution in [0.15, 0.2) is 46.1 Å². The predicted molar refractivity (Wildman–Crippen MR) is 138 cm³/mol. The summed E-state index contributed by atoms with van der Waals surface area (Å²) in [5, 5.41) is 4.54. The van der Waals surface area contributed by atoms with Gasteiger partial charge in [-0.15, -0.1) is 11.3 Å². The molecule has 0 amide bonds. The standard InChI is InChI=1S/C23H23ClF2N2O4S2.H2S/c1-14(17-5-16(3-4-19(17)25)32-12-23(2)10-31-11-23)28-21-7-20(26)22(6-18(21)24)34(29,30)9-15-8-33-13-27-15;/h3-8,13-14,28H,9-12H2,1-2H3;1H2/t14-;/m0./s1. The predicted octanol–water partition coefficient (Wildman–Crippen LogP) is 5.75. The summed E-state index contributed by atoms with van der Waals surface area (Å²) in [6, 6.07) is 5.88. The average Bonchev–Trinajstić information content (AvgIpc) is 3.26. The van der Waals surface area contributed by atoms with Crippen LogP contribution in [0.5, 0.6) is 5.75 Å². The highest BCUT2D eigenvalue weighted by Crippen LogP contribution is 2.34. The van der Waals surface area contributed by atoms with Crippen molar-refractivity contribution < 1.29 is 26.7 Å². The first-order valence-electron chi connectivity index (χ1n) is 10.4. The number of benzene rings is 2. The van der Waals surface area contributed by atoms with Crippen LogP contribution in [0.3, 0.4) is 0 Å². The van der Waals surface area contributed by atoms with Gasteiger partial charge in [-0.05, 0) is 37.3 Å². The topological polar surface area (TPSA) is 77.5 Å². The molecular weight excluding hydrogens is 538 g/mol. The molecular formula is C23H25ClF2N2O4S3. The van der Waals surface area contributed by atoms with Crippen molar-refractivity contribution >= 4 is 52.0 Å². The van der Waals surface area contributed by atoms with Crippen LogP contribution in [-0.2, 0) is 20.3 Å². The van der Waals surface area contributed by atoms with E-state index < -0.39 is 38.2 Å². The Balaban J connectivity index is 0.00000342. The first-order valence-corrected chi connectivity index (χ1v) is 13.4. The molecule has 12 heteroatoms. The number of sulfone groups is 1. The highest BCUT2D eigenvalue weighted by molar-refractivity contribution is 7.90. The van der Waals surface area contributed by atoms with Crippen LogP contribution in [-0.4, -0.2) is 33.2 Å². The number of hydrogen-bond acceptors (Lipinski definition) is 7. The number of ether oxygens (including phenoxy) is 2. The average molecular weight is 563 g/mol. The van der Waals surface area contributed by atoms with Gasteiger partial charge in [0.2, 0.25) is 0 Å². The molecule has 0 radical (unpaired) electrons. The van der Waals surface area contributed by atoms with Crippen LogP contribution in [0.1, 0.15) is 31.1 Å². The molecule has 0 unspecified atom stereocenters. The summed E-state index contributed by atoms with van der Waals surface area (Å²) in [5.74, 6) is -1.36. The maximum absolute atomic E-state index is 14.8. The maximum Gasteiger partial charge on any atom is 0.187 e. The highest BCUT2D eigenvalue weighted by Gasteiger charge is 2.34. The molecule has 0 aliphatic carbocycles. The molecule has 1 aromatic heterocycles. The van der Waals surface area contributed by atoms with E-state index in [0.717, 1.165) is 12.1 Å². The molecule has 0 saturated carbocycles. The monoisotopic (exact) mass is 562 g/mol. The second kappa shape index (κ2) is 11.0. The van der Waals surface area contributed by atoms with Crippen molar-refractivity contribution in [2.24, 2.45) is 5.41 Å². The Labute approximate surface area is 219 Å². The zero-order chi connectivity index (χ0) is 24.5. The number of aromatic nitrogens is 1. The summed E-state index contributed by atoms with van der Waals surface area (Å²) in [6.07, 6.45) is 0. The molecule has 1 N–H and O–H groups in total. The quantitative estimate of drug-likeness (QED) is 0.358. The molecule has 0 spiro atoms. The SMILES string of the molecule is C[C@H](Nc1cc(F)c(S(=O)(=O)Cc2cscn2)cc1Cl)c1cc(OCC2(C)COC2)ccc1F.S. The lowest BCUT2D eigenvalue weighted by Crippen LogP contribution is -2.44. The normalized spacial score (nSPS) is 15.6. The van der Waals surface area contributed by atoms with Crippen molar-refractivity contribution in [3.63, 3.8) is 0 Å². The van der Waals surface area contributed by atoms with Crippen LogP contribution in [0.25, 0.3) is 0 Å². The Morgan fingerprint density at radius 1 is 1.26 bits per heavy atom. The van der Waals surface area contributed by atoms with Crippen molar-refractivity contribution in [2.75, 3.05) is 25.1 Å². The minimum atomic E-state index is -3.99. The molecule has 2 aromatic carbocycles. The number of anilines is 1. The third-order valence-corrected chi connectivity index (χ3v) is 8.08. The molecule has 0 bridgehead atoms. The fraction of sp³-hybridized carbons (Fsp3) is 0.348. The Morgan fingerprint density at radius 3 is 2.63 bits per heavy atom. The van der Waals surface area contributed by atoms with Gasteiger partial charge in [-0.2, -0.15) is 13.5 Å². The van der Waals surface area contributed by atoms with Crippen LogP contribution >= 0.6 is 36.4 Å². The molecule has 1 aliphatic rings. The van der Waals surface area contributed by atoms with Gasteiger partial charge in [0.15, 0.2) is 9.84 Å². The van der Waals surface area contributed by atoms with E-state index in [1.807, 2.05) is 6.92 Å². The van der Waals surface area contributed by atoms with E-state index in [-0.39, 0.29) is 29.6 Å². The largest absolute Gasteiger partial charge is 0.493 e. The number of nitrogens with zero attached hydrogens (tertiary/aromatic N) is 1. The molecule has 1 aliphatic heterocycles. The van der Waals surface area contributed by atoms with Crippen LogP contribution in [0.4, 0.5) is 14.5 Å². The number of rotatable bonds is 9. The third kappa shape index (κ3) is 6.45. The number of nitrogens with one attached hydrogen (secondary N) is 1. The van der Waals surface area contributed by atoms with Gasteiger partial charge in [0.1, 0.15) is 22.3 Å². The molecule has 1 fully saturated rings. The lowest BCUT2D eigenvalue weighted by molar-refractivity contribution is -0.120. The Morgan fingerprint density at radius 2 is 2.00 bits per heavy atom. The minimum absolute atomic E-state index is 0. The van der Waals surface area contributed by atoms with Crippen molar-refractivity contribution in [1.29, 1.82) is 0 Å². The molecule has 6 nitrogen and oxygen atoms in total. The summed E-state index contributed by atoms with van der Waals surface area (Å²) in [6.45, 7) is 5.39. The van der Waals surface area contributed by atoms with E-state index in [4.69, 9.17) is 21.1 Å². The van der Waals surface area contributed by atoms with E-state index >= 15 is 0 Å². The number of thiazole rings is 1. The molecule has 2 heterocycles.